The second-order valence-corrected chi connectivity index (χ2v) is 20.1. The molecule has 14 N–H and O–H groups in total. The van der Waals surface area contributed by atoms with E-state index in [1.807, 2.05) is 34.6 Å². The number of nitrogens with zero attached hydrogens (tertiary/aromatic N) is 2. The largest absolute Gasteiger partial charge is 0.481 e. The number of ether oxygens (including phenoxy) is 8. The Kier molecular flexibility index (Phi) is 35.0. The molecule has 2 rings (SSSR count). The summed E-state index contributed by atoms with van der Waals surface area (Å²) >= 11 is 0. The Balaban J connectivity index is 2.06. The number of hydrogen-bond donors (Lipinski definition) is 10. The van der Waals surface area contributed by atoms with E-state index in [9.17, 15) is 43.8 Å². The fraction of sp³-hybridized carbons (Fsp3) is 0.830. The quantitative estimate of drug-likeness (QED) is 0.0236. The molecule has 0 unspecified atom stereocenters. The second-order valence-electron chi connectivity index (χ2n) is 20.1. The van der Waals surface area contributed by atoms with Gasteiger partial charge in [0.2, 0.25) is 11.8 Å². The maximum absolute atomic E-state index is 13.6. The van der Waals surface area contributed by atoms with Gasteiger partial charge in [-0.1, -0.05) is 60.3 Å². The summed E-state index contributed by atoms with van der Waals surface area (Å²) in [6.07, 6.45) is -0.0723. The molecule has 2 aliphatic carbocycles. The lowest BCUT2D eigenvalue weighted by Gasteiger charge is -2.36. The van der Waals surface area contributed by atoms with Crippen molar-refractivity contribution in [2.24, 2.45) is 74.3 Å². The van der Waals surface area contributed by atoms with Gasteiger partial charge in [-0.25, -0.2) is 19.6 Å². The summed E-state index contributed by atoms with van der Waals surface area (Å²) in [5, 5.41) is 31.5. The first-order valence-electron chi connectivity index (χ1n) is 28.3. The minimum atomic E-state index is -1.21. The lowest BCUT2D eigenvalue weighted by Crippen LogP contribution is -2.52. The van der Waals surface area contributed by atoms with E-state index >= 15 is 0 Å². The average molecular weight is 1150 g/mol. The molecule has 80 heavy (non-hydrogen) atoms. The Morgan fingerprint density at radius 2 is 0.863 bits per heavy atom. The summed E-state index contributed by atoms with van der Waals surface area (Å²) in [6.45, 7) is 15.9. The number of aliphatic imine (C=N–C) groups is 2. The summed E-state index contributed by atoms with van der Waals surface area (Å²) < 4.78 is 45.4. The lowest BCUT2D eigenvalue weighted by molar-refractivity contribution is -0.146. The van der Waals surface area contributed by atoms with Gasteiger partial charge in [-0.3, -0.25) is 24.0 Å². The number of aliphatic carboxylic acids is 2. The normalized spacial score (nSPS) is 21.4. The van der Waals surface area contributed by atoms with Crippen molar-refractivity contribution >= 4 is 53.6 Å². The van der Waals surface area contributed by atoms with Gasteiger partial charge in [0.1, 0.15) is 18.0 Å². The van der Waals surface area contributed by atoms with Crippen molar-refractivity contribution in [1.29, 1.82) is 0 Å². The molecule has 0 heterocycles. The van der Waals surface area contributed by atoms with Gasteiger partial charge in [0.05, 0.1) is 83.4 Å². The molecule has 0 saturated heterocycles. The number of amides is 4. The van der Waals surface area contributed by atoms with Crippen molar-refractivity contribution in [1.82, 2.24) is 21.3 Å². The third-order valence-electron chi connectivity index (χ3n) is 14.5. The van der Waals surface area contributed by atoms with Crippen LogP contribution in [0.25, 0.3) is 0 Å². The fourth-order valence-electron chi connectivity index (χ4n) is 10.7. The second kappa shape index (κ2) is 39.7. The number of rotatable bonds is 43. The number of carbonyl (C=O) groups is 7. The van der Waals surface area contributed by atoms with E-state index in [4.69, 9.17) is 60.8 Å². The topological polar surface area (TPSA) is 411 Å². The van der Waals surface area contributed by atoms with E-state index in [0.29, 0.717) is 65.3 Å². The number of Topliss-reactive ketones (excluding diaryl/α,β-unsaturated/α-hetero) is 1. The number of alkyl carbamates (subject to hydrolysis) is 2. The van der Waals surface area contributed by atoms with Crippen molar-refractivity contribution in [3.63, 3.8) is 0 Å². The van der Waals surface area contributed by atoms with Gasteiger partial charge in [-0.15, -0.1) is 0 Å². The number of guanidine groups is 2. The number of nitrogens with two attached hydrogens (primary N) is 4. The van der Waals surface area contributed by atoms with Crippen molar-refractivity contribution in [3.05, 3.63) is 0 Å². The van der Waals surface area contributed by atoms with Gasteiger partial charge >= 0.3 is 24.1 Å². The molecule has 4 amide bonds. The predicted molar refractivity (Wildman–Crippen MR) is 295 cm³/mol. The Hall–Kier alpha value is -5.61. The molecule has 27 heteroatoms. The number of carbonyl (C=O) groups excluding carboxylic acids is 5. The highest BCUT2D eigenvalue weighted by Crippen LogP contribution is 2.43. The minimum absolute atomic E-state index is 0.0137. The first-order valence-corrected chi connectivity index (χ1v) is 28.3. The highest BCUT2D eigenvalue weighted by atomic mass is 16.6. The molecule has 0 aromatic heterocycles. The van der Waals surface area contributed by atoms with Gasteiger partial charge < -0.3 is 92.3 Å². The predicted octanol–water partition coefficient (Wildman–Crippen LogP) is 1.65. The lowest BCUT2D eigenvalue weighted by atomic mass is 9.80. The number of nitrogens with one attached hydrogen (secondary N) is 4. The van der Waals surface area contributed by atoms with E-state index in [2.05, 4.69) is 31.3 Å². The van der Waals surface area contributed by atoms with Crippen molar-refractivity contribution in [2.75, 3.05) is 92.4 Å². The molecule has 0 radical (unpaired) electrons. The van der Waals surface area contributed by atoms with Crippen LogP contribution in [0, 0.1) is 41.4 Å². The van der Waals surface area contributed by atoms with Gasteiger partial charge in [0, 0.05) is 83.0 Å². The summed E-state index contributed by atoms with van der Waals surface area (Å²) in [5.41, 5.74) is 23.0. The van der Waals surface area contributed by atoms with E-state index in [1.54, 1.807) is 0 Å². The van der Waals surface area contributed by atoms with Crippen LogP contribution in [0.3, 0.4) is 0 Å². The molecule has 0 bridgehead atoms. The van der Waals surface area contributed by atoms with Crippen LogP contribution in [-0.2, 0) is 61.9 Å². The molecule has 0 aromatic carbocycles. The molecule has 2 aliphatic rings. The number of carboxylic acids is 2. The zero-order chi connectivity index (χ0) is 59.6. The van der Waals surface area contributed by atoms with Crippen LogP contribution in [0.5, 0.6) is 0 Å². The third kappa shape index (κ3) is 25.9. The summed E-state index contributed by atoms with van der Waals surface area (Å²) in [5.74, 6) is -8.30. The first kappa shape index (κ1) is 70.5. The van der Waals surface area contributed by atoms with Crippen LogP contribution in [0.2, 0.25) is 0 Å². The molecule has 0 spiro atoms. The maximum Gasteiger partial charge on any atom is 0.407 e. The molecule has 460 valence electrons. The van der Waals surface area contributed by atoms with Crippen LogP contribution in [0.4, 0.5) is 9.59 Å². The SMILES string of the molecule is CCCOCCOCCOCCOCCC(=O)C(CCOCCNC(=O)O[C@H]1[C@@H]([C@H](NC(C)=O)C(CC)CC)[C@H](N=C(N)N)C[C@@H]1C(=O)O)CCOCCNC(=O)O[C@H]1[C@@H]([C@H](NC(C)=O)C(CC)CC)[C@H](N=C(N)N)C[C@@H]1C(=O)O. The summed E-state index contributed by atoms with van der Waals surface area (Å²) in [7, 11) is 0. The molecule has 0 aromatic rings. The van der Waals surface area contributed by atoms with E-state index in [1.165, 1.54) is 13.8 Å². The number of ketones is 1. The van der Waals surface area contributed by atoms with Crippen LogP contribution >= 0.6 is 0 Å². The van der Waals surface area contributed by atoms with Crippen LogP contribution in [0.15, 0.2) is 9.98 Å². The fourth-order valence-corrected chi connectivity index (χ4v) is 10.7. The van der Waals surface area contributed by atoms with Gasteiger partial charge in [-0.2, -0.15) is 0 Å². The van der Waals surface area contributed by atoms with Crippen LogP contribution in [0.1, 0.15) is 113 Å². The maximum atomic E-state index is 13.6. The first-order chi connectivity index (χ1) is 38.2. The molecule has 0 aliphatic heterocycles. The van der Waals surface area contributed by atoms with Crippen molar-refractivity contribution < 1.29 is 81.7 Å². The van der Waals surface area contributed by atoms with Gasteiger partial charge in [-0.05, 0) is 43.9 Å². The smallest absolute Gasteiger partial charge is 0.407 e. The Bertz CT molecular complexity index is 1810. The van der Waals surface area contributed by atoms with Crippen molar-refractivity contribution in [2.45, 2.75) is 149 Å². The van der Waals surface area contributed by atoms with E-state index < -0.39 is 90.1 Å². The third-order valence-corrected chi connectivity index (χ3v) is 14.5. The standard InChI is InChI=1S/C53H96N10O17/c1-8-18-73-24-26-77-28-29-78-27-25-76-21-15-41(66)36(13-19-74-22-16-58-52(71)79-46-37(48(67)68)30-39(62-50(54)55)42(46)44(60-32(6)64)34(9-2)10-3)14-20-75-23-17-59-53(72)80-47-38(49(69)70)31-40(63-51(56)57)43(47)45(61-33(7)65)35(11-4)12-5/h34-40,42-47H,8-31H2,1-7H3,(H,58,71)(H,59,72)(H,60,64)(H,61,65)(H,67,68)(H,69,70)(H4,54,55,62)(H4,56,57,63)/t37-,38-,39+,40+,42+,43+,44+,45+,46+,47+/m0/s1. The molecular formula is C53H96N10O17. The van der Waals surface area contributed by atoms with Gasteiger partial charge in [0.25, 0.3) is 0 Å². The molecular weight excluding hydrogens is 1050 g/mol. The molecule has 10 atom stereocenters. The zero-order valence-corrected chi connectivity index (χ0v) is 48.2. The van der Waals surface area contributed by atoms with E-state index in [0.717, 1.165) is 6.42 Å². The van der Waals surface area contributed by atoms with E-state index in [-0.39, 0.29) is 126 Å². The minimum Gasteiger partial charge on any atom is -0.481 e. The molecule has 27 nitrogen and oxygen atoms in total. The Morgan fingerprint density at radius 3 is 1.19 bits per heavy atom. The number of carboxylic acid groups (broad SMARTS) is 2. The molecule has 2 saturated carbocycles. The highest BCUT2D eigenvalue weighted by Gasteiger charge is 2.55. The Labute approximate surface area is 471 Å². The van der Waals surface area contributed by atoms with Gasteiger partial charge in [0.15, 0.2) is 11.9 Å². The average Bonchev–Trinajstić information content (AvgIpc) is 3.92. The summed E-state index contributed by atoms with van der Waals surface area (Å²) in [4.78, 5) is 98.6. The van der Waals surface area contributed by atoms with Crippen molar-refractivity contribution in [3.8, 4) is 0 Å². The number of hydrogen-bond acceptors (Lipinski definition) is 17. The zero-order valence-electron chi connectivity index (χ0n) is 48.2. The highest BCUT2D eigenvalue weighted by molar-refractivity contribution is 5.81. The monoisotopic (exact) mass is 1140 g/mol. The molecule has 2 fully saturated rings. The Morgan fingerprint density at radius 1 is 0.512 bits per heavy atom. The van der Waals surface area contributed by atoms with Crippen LogP contribution in [-0.4, -0.2) is 193 Å². The van der Waals surface area contributed by atoms with Crippen LogP contribution < -0.4 is 44.2 Å². The summed E-state index contributed by atoms with van der Waals surface area (Å²) in [6, 6.07) is -2.72.